The number of aliphatic hydroxyl groups excluding tert-OH is 3. The van der Waals surface area contributed by atoms with Gasteiger partial charge in [0, 0.05) is 0 Å². The molecule has 0 aromatic heterocycles. The number of aliphatic hydroxyl groups is 3. The summed E-state index contributed by atoms with van der Waals surface area (Å²) in [4.78, 5) is 10.7. The van der Waals surface area contributed by atoms with E-state index in [2.05, 4.69) is 0 Å². The van der Waals surface area contributed by atoms with E-state index in [1.807, 2.05) is 0 Å². The molecule has 0 aromatic rings. The van der Waals surface area contributed by atoms with E-state index in [9.17, 15) is 4.79 Å². The minimum absolute atomic E-state index is 0.247. The number of rotatable bonds is 0. The molecule has 0 bridgehead atoms. The first-order chi connectivity index (χ1) is 4.63. The SMILES string of the molecule is O=C1C(O)CC[C@H](O)[C@H]1O. The first-order valence-corrected chi connectivity index (χ1v) is 3.21. The fraction of sp³-hybridized carbons (Fsp3) is 0.833. The summed E-state index contributed by atoms with van der Waals surface area (Å²) in [5, 5.41) is 26.6. The van der Waals surface area contributed by atoms with Crippen LogP contribution in [0.2, 0.25) is 0 Å². The van der Waals surface area contributed by atoms with Gasteiger partial charge in [0.05, 0.1) is 6.10 Å². The maximum Gasteiger partial charge on any atom is 0.192 e. The van der Waals surface area contributed by atoms with E-state index in [-0.39, 0.29) is 12.8 Å². The average Bonchev–Trinajstić information content (AvgIpc) is 1.93. The molecule has 3 atom stereocenters. The lowest BCUT2D eigenvalue weighted by atomic mass is 9.91. The number of hydrogen-bond acceptors (Lipinski definition) is 4. The van der Waals surface area contributed by atoms with Crippen molar-refractivity contribution < 1.29 is 20.1 Å². The number of Topliss-reactive ketones (excluding diaryl/α,β-unsaturated/α-hetero) is 1. The Kier molecular flexibility index (Phi) is 2.03. The second-order valence-electron chi connectivity index (χ2n) is 2.51. The Labute approximate surface area is 58.1 Å². The molecule has 0 radical (unpaired) electrons. The van der Waals surface area contributed by atoms with Crippen LogP contribution in [-0.4, -0.2) is 39.4 Å². The van der Waals surface area contributed by atoms with Crippen molar-refractivity contribution >= 4 is 5.78 Å². The van der Waals surface area contributed by atoms with E-state index in [1.54, 1.807) is 0 Å². The quantitative estimate of drug-likeness (QED) is 0.386. The zero-order chi connectivity index (χ0) is 7.72. The van der Waals surface area contributed by atoms with Crippen LogP contribution in [0.5, 0.6) is 0 Å². The standard InChI is InChI=1S/C6H10O4/c7-3-1-2-4(8)6(10)5(3)9/h3-5,7-9H,1-2H2/t3-,4?,5+/m0/s1. The number of ketones is 1. The molecule has 0 amide bonds. The van der Waals surface area contributed by atoms with Crippen molar-refractivity contribution in [3.05, 3.63) is 0 Å². The first kappa shape index (κ1) is 7.65. The monoisotopic (exact) mass is 146 g/mol. The Morgan fingerprint density at radius 3 is 2.30 bits per heavy atom. The summed E-state index contributed by atoms with van der Waals surface area (Å²) in [7, 11) is 0. The average molecular weight is 146 g/mol. The molecule has 1 aliphatic carbocycles. The normalized spacial score (nSPS) is 41.9. The summed E-state index contributed by atoms with van der Waals surface area (Å²) >= 11 is 0. The predicted octanol–water partition coefficient (Wildman–Crippen LogP) is -1.57. The number of carbonyl (C=O) groups is 1. The van der Waals surface area contributed by atoms with Gasteiger partial charge in [0.2, 0.25) is 0 Å². The molecule has 3 N–H and O–H groups in total. The van der Waals surface area contributed by atoms with Gasteiger partial charge in [-0.2, -0.15) is 0 Å². The third kappa shape index (κ3) is 1.18. The Balaban J connectivity index is 2.60. The lowest BCUT2D eigenvalue weighted by Crippen LogP contribution is -2.45. The van der Waals surface area contributed by atoms with Crippen molar-refractivity contribution in [2.24, 2.45) is 0 Å². The summed E-state index contributed by atoms with van der Waals surface area (Å²) < 4.78 is 0. The molecule has 4 nitrogen and oxygen atoms in total. The summed E-state index contributed by atoms with van der Waals surface area (Å²) in [6.45, 7) is 0. The highest BCUT2D eigenvalue weighted by atomic mass is 16.3. The Hall–Kier alpha value is -0.450. The van der Waals surface area contributed by atoms with Gasteiger partial charge >= 0.3 is 0 Å². The zero-order valence-electron chi connectivity index (χ0n) is 5.40. The fourth-order valence-electron chi connectivity index (χ4n) is 1.02. The molecule has 0 spiro atoms. The number of carbonyl (C=O) groups excluding carboxylic acids is 1. The molecule has 1 saturated carbocycles. The Morgan fingerprint density at radius 1 is 1.20 bits per heavy atom. The maximum atomic E-state index is 10.7. The van der Waals surface area contributed by atoms with Gasteiger partial charge in [-0.1, -0.05) is 0 Å². The van der Waals surface area contributed by atoms with Crippen LogP contribution in [0, 0.1) is 0 Å². The van der Waals surface area contributed by atoms with Crippen molar-refractivity contribution in [1.82, 2.24) is 0 Å². The van der Waals surface area contributed by atoms with Crippen LogP contribution < -0.4 is 0 Å². The van der Waals surface area contributed by atoms with Crippen LogP contribution in [0.1, 0.15) is 12.8 Å². The second kappa shape index (κ2) is 2.65. The highest BCUT2D eigenvalue weighted by Gasteiger charge is 2.34. The lowest BCUT2D eigenvalue weighted by molar-refractivity contribution is -0.147. The van der Waals surface area contributed by atoms with Crippen molar-refractivity contribution in [2.75, 3.05) is 0 Å². The van der Waals surface area contributed by atoms with E-state index in [0.717, 1.165) is 0 Å². The summed E-state index contributed by atoms with van der Waals surface area (Å²) in [6, 6.07) is 0. The summed E-state index contributed by atoms with van der Waals surface area (Å²) in [6.07, 6.45) is -2.93. The molecule has 4 heteroatoms. The van der Waals surface area contributed by atoms with E-state index >= 15 is 0 Å². The first-order valence-electron chi connectivity index (χ1n) is 3.21. The molecule has 1 unspecified atom stereocenters. The van der Waals surface area contributed by atoms with Crippen molar-refractivity contribution in [1.29, 1.82) is 0 Å². The van der Waals surface area contributed by atoms with Crippen molar-refractivity contribution in [2.45, 2.75) is 31.2 Å². The van der Waals surface area contributed by atoms with Crippen LogP contribution in [0.15, 0.2) is 0 Å². The second-order valence-corrected chi connectivity index (χ2v) is 2.51. The molecule has 0 aromatic carbocycles. The van der Waals surface area contributed by atoms with E-state index in [4.69, 9.17) is 15.3 Å². The third-order valence-electron chi connectivity index (χ3n) is 1.72. The molecule has 10 heavy (non-hydrogen) atoms. The molecule has 0 aliphatic heterocycles. The smallest absolute Gasteiger partial charge is 0.192 e. The van der Waals surface area contributed by atoms with E-state index < -0.39 is 24.1 Å². The molecular weight excluding hydrogens is 136 g/mol. The van der Waals surface area contributed by atoms with Crippen LogP contribution >= 0.6 is 0 Å². The van der Waals surface area contributed by atoms with Gasteiger partial charge in [0.1, 0.15) is 12.2 Å². The van der Waals surface area contributed by atoms with Crippen LogP contribution in [0.25, 0.3) is 0 Å². The molecule has 1 aliphatic rings. The van der Waals surface area contributed by atoms with Crippen LogP contribution in [0.3, 0.4) is 0 Å². The molecule has 0 saturated heterocycles. The number of hydrogen-bond donors (Lipinski definition) is 3. The van der Waals surface area contributed by atoms with Gasteiger partial charge in [-0.25, -0.2) is 0 Å². The molecular formula is C6H10O4. The molecule has 0 heterocycles. The molecule has 1 rings (SSSR count). The highest BCUT2D eigenvalue weighted by molar-refractivity contribution is 5.88. The van der Waals surface area contributed by atoms with Gasteiger partial charge < -0.3 is 15.3 Å². The minimum atomic E-state index is -1.39. The van der Waals surface area contributed by atoms with Crippen molar-refractivity contribution in [3.8, 4) is 0 Å². The topological polar surface area (TPSA) is 77.8 Å². The zero-order valence-corrected chi connectivity index (χ0v) is 5.40. The predicted molar refractivity (Wildman–Crippen MR) is 32.3 cm³/mol. The van der Waals surface area contributed by atoms with Gasteiger partial charge in [0.15, 0.2) is 5.78 Å². The Bertz CT molecular complexity index is 145. The van der Waals surface area contributed by atoms with Gasteiger partial charge in [-0.15, -0.1) is 0 Å². The fourth-order valence-corrected chi connectivity index (χ4v) is 1.02. The molecule has 1 fully saturated rings. The summed E-state index contributed by atoms with van der Waals surface area (Å²) in [5.41, 5.74) is 0. The minimum Gasteiger partial charge on any atom is -0.390 e. The summed E-state index contributed by atoms with van der Waals surface area (Å²) in [5.74, 6) is -0.668. The lowest BCUT2D eigenvalue weighted by Gasteiger charge is -2.25. The largest absolute Gasteiger partial charge is 0.390 e. The van der Waals surface area contributed by atoms with E-state index in [1.165, 1.54) is 0 Å². The third-order valence-corrected chi connectivity index (χ3v) is 1.72. The van der Waals surface area contributed by atoms with E-state index in [0.29, 0.717) is 0 Å². The maximum absolute atomic E-state index is 10.7. The Morgan fingerprint density at radius 2 is 1.80 bits per heavy atom. The highest BCUT2D eigenvalue weighted by Crippen LogP contribution is 2.15. The molecule has 58 valence electrons. The van der Waals surface area contributed by atoms with Crippen LogP contribution in [0.4, 0.5) is 0 Å². The van der Waals surface area contributed by atoms with Gasteiger partial charge in [0.25, 0.3) is 0 Å². The van der Waals surface area contributed by atoms with Crippen molar-refractivity contribution in [3.63, 3.8) is 0 Å². The van der Waals surface area contributed by atoms with Crippen LogP contribution in [-0.2, 0) is 4.79 Å². The van der Waals surface area contributed by atoms with Gasteiger partial charge in [-0.05, 0) is 12.8 Å². The van der Waals surface area contributed by atoms with Gasteiger partial charge in [-0.3, -0.25) is 4.79 Å².